The summed E-state index contributed by atoms with van der Waals surface area (Å²) in [6, 6.07) is 25.7. The number of allylic oxidation sites excluding steroid dienone is 8. The minimum Gasteiger partial charge on any atom is -0.355 e. The summed E-state index contributed by atoms with van der Waals surface area (Å²) in [7, 11) is 0. The van der Waals surface area contributed by atoms with Crippen molar-refractivity contribution in [1.82, 2.24) is 4.98 Å². The molecule has 1 N–H and O–H groups in total. The second-order valence-electron chi connectivity index (χ2n) is 8.38. The van der Waals surface area contributed by atoms with Crippen molar-refractivity contribution in [1.29, 1.82) is 0 Å². The molecule has 32 heavy (non-hydrogen) atoms. The van der Waals surface area contributed by atoms with Gasteiger partial charge in [-0.15, -0.1) is 0 Å². The number of anilines is 1. The molecule has 0 atom stereocenters. The van der Waals surface area contributed by atoms with Crippen LogP contribution < -0.4 is 4.90 Å². The molecule has 0 radical (unpaired) electrons. The summed E-state index contributed by atoms with van der Waals surface area (Å²) in [4.78, 5) is 5.85. The molecule has 0 bridgehead atoms. The van der Waals surface area contributed by atoms with Gasteiger partial charge in [-0.05, 0) is 72.0 Å². The molecule has 2 nitrogen and oxygen atoms in total. The normalized spacial score (nSPS) is 18.9. The van der Waals surface area contributed by atoms with E-state index in [-0.39, 0.29) is 0 Å². The SMILES string of the molecule is C=C1/C=C(c2ccc3[nH]c4ccccc4c3c2)\C=C/N(c2ccccc2)C2=C1C=CCC2. The molecule has 0 saturated carbocycles. The number of H-pyrrole nitrogens is 1. The number of hydrogen-bond acceptors (Lipinski definition) is 1. The van der Waals surface area contributed by atoms with E-state index >= 15 is 0 Å². The molecule has 0 spiro atoms. The number of fused-ring (bicyclic) bond motifs is 3. The first kappa shape index (κ1) is 18.7. The Morgan fingerprint density at radius 2 is 1.62 bits per heavy atom. The van der Waals surface area contributed by atoms with Crippen molar-refractivity contribution >= 4 is 33.1 Å². The molecule has 1 aromatic heterocycles. The van der Waals surface area contributed by atoms with Crippen molar-refractivity contribution in [2.75, 3.05) is 4.90 Å². The van der Waals surface area contributed by atoms with E-state index < -0.39 is 0 Å². The average Bonchev–Trinajstić information content (AvgIpc) is 3.21. The lowest BCUT2D eigenvalue weighted by atomic mass is 9.92. The molecule has 1 aliphatic heterocycles. The van der Waals surface area contributed by atoms with Crippen LogP contribution in [0.15, 0.2) is 127 Å². The van der Waals surface area contributed by atoms with Gasteiger partial charge in [-0.1, -0.05) is 61.2 Å². The summed E-state index contributed by atoms with van der Waals surface area (Å²) < 4.78 is 0. The summed E-state index contributed by atoms with van der Waals surface area (Å²) in [5.41, 5.74) is 9.43. The minimum atomic E-state index is 1.01. The van der Waals surface area contributed by atoms with E-state index in [9.17, 15) is 0 Å². The van der Waals surface area contributed by atoms with Crippen molar-refractivity contribution in [3.8, 4) is 0 Å². The Labute approximate surface area is 188 Å². The number of hydrogen-bond donors (Lipinski definition) is 1. The minimum absolute atomic E-state index is 1.01. The van der Waals surface area contributed by atoms with Gasteiger partial charge in [0.05, 0.1) is 0 Å². The van der Waals surface area contributed by atoms with E-state index in [1.165, 1.54) is 38.8 Å². The molecule has 6 rings (SSSR count). The smallest absolute Gasteiger partial charge is 0.0465 e. The number of nitrogens with one attached hydrogen (secondary N) is 1. The fourth-order valence-electron chi connectivity index (χ4n) is 4.79. The van der Waals surface area contributed by atoms with Crippen molar-refractivity contribution in [2.45, 2.75) is 12.8 Å². The Kier molecular flexibility index (Phi) is 4.43. The summed E-state index contributed by atoms with van der Waals surface area (Å²) >= 11 is 0. The average molecular weight is 413 g/mol. The fraction of sp³-hybridized carbons (Fsp3) is 0.0667. The van der Waals surface area contributed by atoms with Gasteiger partial charge < -0.3 is 9.88 Å². The molecule has 2 aliphatic rings. The lowest BCUT2D eigenvalue weighted by molar-refractivity contribution is 0.898. The number of aromatic nitrogens is 1. The van der Waals surface area contributed by atoms with Gasteiger partial charge in [0.15, 0.2) is 0 Å². The molecule has 2 heteroatoms. The first-order chi connectivity index (χ1) is 15.8. The van der Waals surface area contributed by atoms with Crippen molar-refractivity contribution in [3.63, 3.8) is 0 Å². The van der Waals surface area contributed by atoms with Crippen molar-refractivity contribution in [3.05, 3.63) is 132 Å². The van der Waals surface area contributed by atoms with Gasteiger partial charge in [0.1, 0.15) is 0 Å². The van der Waals surface area contributed by atoms with Crippen molar-refractivity contribution in [2.24, 2.45) is 0 Å². The van der Waals surface area contributed by atoms with Gasteiger partial charge >= 0.3 is 0 Å². The molecular formula is C30H24N2. The maximum absolute atomic E-state index is 4.45. The molecule has 3 aromatic carbocycles. The second kappa shape index (κ2) is 7.58. The predicted molar refractivity (Wildman–Crippen MR) is 136 cm³/mol. The van der Waals surface area contributed by atoms with Crippen molar-refractivity contribution < 1.29 is 0 Å². The highest BCUT2D eigenvalue weighted by molar-refractivity contribution is 6.08. The van der Waals surface area contributed by atoms with Gasteiger partial charge in [-0.2, -0.15) is 0 Å². The zero-order valence-corrected chi connectivity index (χ0v) is 17.9. The third-order valence-corrected chi connectivity index (χ3v) is 6.39. The van der Waals surface area contributed by atoms with Crippen LogP contribution in [0.5, 0.6) is 0 Å². The molecule has 4 aromatic rings. The molecule has 0 unspecified atom stereocenters. The monoisotopic (exact) mass is 412 g/mol. The highest BCUT2D eigenvalue weighted by atomic mass is 15.1. The molecule has 1 aliphatic carbocycles. The van der Waals surface area contributed by atoms with Gasteiger partial charge in [0.25, 0.3) is 0 Å². The summed E-state index contributed by atoms with van der Waals surface area (Å²) in [6.45, 7) is 4.45. The molecule has 0 saturated heterocycles. The first-order valence-corrected chi connectivity index (χ1v) is 11.1. The van der Waals surface area contributed by atoms with Crippen LogP contribution in [0.4, 0.5) is 5.69 Å². The number of para-hydroxylation sites is 2. The highest BCUT2D eigenvalue weighted by Gasteiger charge is 2.19. The maximum Gasteiger partial charge on any atom is 0.0465 e. The van der Waals surface area contributed by atoms with Crippen LogP contribution in [0.2, 0.25) is 0 Å². The van der Waals surface area contributed by atoms with Gasteiger partial charge in [-0.3, -0.25) is 0 Å². The van der Waals surface area contributed by atoms with Gasteiger partial charge in [0, 0.05) is 45.0 Å². The van der Waals surface area contributed by atoms with E-state index in [2.05, 4.69) is 120 Å². The van der Waals surface area contributed by atoms with Crippen LogP contribution in [0.1, 0.15) is 18.4 Å². The standard InChI is InChI=1S/C30H24N2/c1-21-19-23(22-15-16-29-27(20-22)26-12-5-7-13-28(26)31-29)17-18-32(24-9-3-2-4-10-24)30-14-8-6-11-25(21)30/h2-7,9-13,15-20,31H,1,8,14H2/b18-17-,23-19+. The van der Waals surface area contributed by atoms with Crippen LogP contribution in [-0.4, -0.2) is 4.98 Å². The topological polar surface area (TPSA) is 19.0 Å². The Bertz CT molecular complexity index is 1480. The number of benzene rings is 3. The molecule has 2 heterocycles. The number of nitrogens with zero attached hydrogens (tertiary/aromatic N) is 1. The Balaban J connectivity index is 1.51. The van der Waals surface area contributed by atoms with E-state index in [4.69, 9.17) is 0 Å². The quantitative estimate of drug-likeness (QED) is 0.354. The number of aromatic amines is 1. The van der Waals surface area contributed by atoms with Crippen LogP contribution in [0, 0.1) is 0 Å². The molecule has 154 valence electrons. The third kappa shape index (κ3) is 3.12. The third-order valence-electron chi connectivity index (χ3n) is 6.39. The van der Waals surface area contributed by atoms with E-state index in [0.29, 0.717) is 0 Å². The molecule has 0 fully saturated rings. The van der Waals surface area contributed by atoms with E-state index in [1.54, 1.807) is 0 Å². The largest absolute Gasteiger partial charge is 0.355 e. The van der Waals surface area contributed by atoms with Gasteiger partial charge in [0.2, 0.25) is 0 Å². The lowest BCUT2D eigenvalue weighted by Gasteiger charge is -2.30. The first-order valence-electron chi connectivity index (χ1n) is 11.1. The second-order valence-corrected chi connectivity index (χ2v) is 8.38. The Morgan fingerprint density at radius 3 is 2.53 bits per heavy atom. The van der Waals surface area contributed by atoms with Crippen LogP contribution >= 0.6 is 0 Å². The zero-order valence-electron chi connectivity index (χ0n) is 17.9. The van der Waals surface area contributed by atoms with E-state index in [0.717, 1.165) is 29.5 Å². The summed E-state index contributed by atoms with van der Waals surface area (Å²) in [5.74, 6) is 0. The highest BCUT2D eigenvalue weighted by Crippen LogP contribution is 2.36. The molecular weight excluding hydrogens is 388 g/mol. The summed E-state index contributed by atoms with van der Waals surface area (Å²) in [6.07, 6.45) is 13.2. The number of rotatable bonds is 2. The van der Waals surface area contributed by atoms with Crippen LogP contribution in [-0.2, 0) is 0 Å². The van der Waals surface area contributed by atoms with E-state index in [1.807, 2.05) is 0 Å². The van der Waals surface area contributed by atoms with Crippen LogP contribution in [0.25, 0.3) is 27.4 Å². The predicted octanol–water partition coefficient (Wildman–Crippen LogP) is 7.90. The Hall–Kier alpha value is -4.04. The maximum atomic E-state index is 4.45. The fourth-order valence-corrected chi connectivity index (χ4v) is 4.79. The zero-order chi connectivity index (χ0) is 21.5. The van der Waals surface area contributed by atoms with Crippen LogP contribution in [0.3, 0.4) is 0 Å². The van der Waals surface area contributed by atoms with Gasteiger partial charge in [-0.25, -0.2) is 0 Å². The summed E-state index contributed by atoms with van der Waals surface area (Å²) in [5, 5.41) is 2.50. The lowest BCUT2D eigenvalue weighted by Crippen LogP contribution is -2.19. The Morgan fingerprint density at radius 1 is 0.812 bits per heavy atom. The molecule has 0 amide bonds.